The van der Waals surface area contributed by atoms with Crippen LogP contribution < -0.4 is 0 Å². The highest BCUT2D eigenvalue weighted by atomic mass is 16.6. The molecule has 5 aliphatic rings. The number of unbranched alkanes of at least 4 members (excludes halogenated alkanes) is 19. The number of hydrogen-bond donors (Lipinski definition) is 0. The highest BCUT2D eigenvalue weighted by Crippen LogP contribution is 2.61. The largest absolute Gasteiger partial charge is 0.465 e. The summed E-state index contributed by atoms with van der Waals surface area (Å²) >= 11 is 0. The number of fused-ring (bicyclic) bond motifs is 5. The van der Waals surface area contributed by atoms with Crippen LogP contribution >= 0.6 is 0 Å². The predicted molar refractivity (Wildman–Crippen MR) is 272 cm³/mol. The Labute approximate surface area is 409 Å². The van der Waals surface area contributed by atoms with Crippen molar-refractivity contribution >= 4 is 17.9 Å². The third-order valence-electron chi connectivity index (χ3n) is 17.8. The molecule has 0 N–H and O–H groups in total. The van der Waals surface area contributed by atoms with Crippen LogP contribution in [-0.2, 0) is 23.7 Å². The van der Waals surface area contributed by atoms with Crippen molar-refractivity contribution in [2.45, 2.75) is 251 Å². The molecule has 1 heterocycles. The Morgan fingerprint density at radius 3 is 1.61 bits per heavy atom. The summed E-state index contributed by atoms with van der Waals surface area (Å²) in [6.45, 7) is 8.42. The van der Waals surface area contributed by atoms with E-state index in [0.29, 0.717) is 60.4 Å². The Balaban J connectivity index is 0.862. The third-order valence-corrected chi connectivity index (χ3v) is 17.8. The fourth-order valence-corrected chi connectivity index (χ4v) is 14.0. The fraction of sp³-hybridized carbons (Fsp3) is 0.850. The molecule has 6 rings (SSSR count). The highest BCUT2D eigenvalue weighted by Gasteiger charge is 2.56. The first kappa shape index (κ1) is 53.9. The molecule has 0 radical (unpaired) electrons. The molecule has 0 amide bonds. The summed E-state index contributed by atoms with van der Waals surface area (Å²) in [5.41, 5.74) is 0.732. The molecule has 4 aliphatic carbocycles. The van der Waals surface area contributed by atoms with E-state index in [0.717, 1.165) is 55.8 Å². The monoisotopic (exact) mass is 931 g/mol. The van der Waals surface area contributed by atoms with Crippen LogP contribution in [-0.4, -0.2) is 49.9 Å². The number of epoxide rings is 1. The summed E-state index contributed by atoms with van der Waals surface area (Å²) in [5.74, 6) is 5.72. The van der Waals surface area contributed by atoms with Gasteiger partial charge in [0.2, 0.25) is 0 Å². The minimum absolute atomic E-state index is 0.00381. The first-order valence-corrected chi connectivity index (χ1v) is 29.1. The number of esters is 3. The summed E-state index contributed by atoms with van der Waals surface area (Å²) in [4.78, 5) is 38.6. The second kappa shape index (κ2) is 30.4. The van der Waals surface area contributed by atoms with E-state index in [4.69, 9.17) is 18.9 Å². The van der Waals surface area contributed by atoms with Gasteiger partial charge in [-0.05, 0) is 129 Å². The van der Waals surface area contributed by atoms with Gasteiger partial charge in [-0.1, -0.05) is 181 Å². The maximum atomic E-state index is 13.2. The Kier molecular flexibility index (Phi) is 24.4. The molecule has 1 aliphatic heterocycles. The van der Waals surface area contributed by atoms with Crippen molar-refractivity contribution in [2.75, 3.05) is 19.8 Å². The lowest BCUT2D eigenvalue weighted by atomic mass is 9.61. The molecular formula is C60H98O7. The van der Waals surface area contributed by atoms with Crippen LogP contribution in [0.25, 0.3) is 0 Å². The van der Waals surface area contributed by atoms with Crippen molar-refractivity contribution in [1.29, 1.82) is 0 Å². The number of rotatable bonds is 36. The zero-order valence-electron chi connectivity index (χ0n) is 43.2. The first-order chi connectivity index (χ1) is 32.9. The van der Waals surface area contributed by atoms with Crippen molar-refractivity contribution in [3.8, 4) is 0 Å². The van der Waals surface area contributed by atoms with Gasteiger partial charge in [0, 0.05) is 6.42 Å². The van der Waals surface area contributed by atoms with Crippen LogP contribution in [0.4, 0.5) is 0 Å². The summed E-state index contributed by atoms with van der Waals surface area (Å²) in [6.07, 6.45) is 45.0. The second-order valence-corrected chi connectivity index (χ2v) is 22.7. The Morgan fingerprint density at radius 1 is 0.522 bits per heavy atom. The van der Waals surface area contributed by atoms with Crippen molar-refractivity contribution in [2.24, 2.45) is 53.3 Å². The fourth-order valence-electron chi connectivity index (χ4n) is 14.0. The summed E-state index contributed by atoms with van der Waals surface area (Å²) in [7, 11) is 0. The van der Waals surface area contributed by atoms with Gasteiger partial charge >= 0.3 is 17.9 Å². The van der Waals surface area contributed by atoms with Gasteiger partial charge < -0.3 is 18.9 Å². The molecule has 11 unspecified atom stereocenters. The van der Waals surface area contributed by atoms with E-state index in [1.54, 1.807) is 24.3 Å². The molecule has 5 fully saturated rings. The average molecular weight is 931 g/mol. The lowest BCUT2D eigenvalue weighted by Gasteiger charge is -2.44. The molecule has 11 atom stereocenters. The quantitative estimate of drug-likeness (QED) is 0.0286. The molecule has 380 valence electrons. The maximum absolute atomic E-state index is 13.2. The van der Waals surface area contributed by atoms with Gasteiger partial charge in [0.15, 0.2) is 0 Å². The summed E-state index contributed by atoms with van der Waals surface area (Å²) in [6, 6.07) is 6.64. The lowest BCUT2D eigenvalue weighted by Crippen LogP contribution is -2.35. The Bertz CT molecular complexity index is 1550. The number of carbonyl (C=O) groups is 3. The molecule has 67 heavy (non-hydrogen) atoms. The van der Waals surface area contributed by atoms with Crippen molar-refractivity contribution in [3.63, 3.8) is 0 Å². The average Bonchev–Trinajstić information content (AvgIpc) is 3.79. The van der Waals surface area contributed by atoms with Gasteiger partial charge in [0.05, 0.1) is 24.3 Å². The van der Waals surface area contributed by atoms with Crippen molar-refractivity contribution < 1.29 is 33.3 Å². The standard InChI is InChI=1S/C60H98O7/c1-4-7-10-13-15-19-23-29-46-36-35-45(28-22-18-14-11-8-5-2)53(32-24-12-9-6-3)54(46)33-25-20-16-17-21-26-34-58(61)65-42-50-38-49-39-55(50)57-41-51(40-56(49)57)67-60(63)48-31-27-30-47(37-48)59(62)66-44-52-43-64-52/h27,30-31,37,45-46,49-57H,4-26,28-29,32-36,38-44H2,1-3H3. The Hall–Kier alpha value is -2.41. The Morgan fingerprint density at radius 2 is 1.03 bits per heavy atom. The normalized spacial score (nSPS) is 28.4. The van der Waals surface area contributed by atoms with E-state index < -0.39 is 5.97 Å². The topological polar surface area (TPSA) is 91.4 Å². The zero-order valence-corrected chi connectivity index (χ0v) is 43.2. The highest BCUT2D eigenvalue weighted by molar-refractivity contribution is 5.95. The van der Waals surface area contributed by atoms with Gasteiger partial charge in [-0.2, -0.15) is 0 Å². The maximum Gasteiger partial charge on any atom is 0.338 e. The van der Waals surface area contributed by atoms with Gasteiger partial charge in [-0.25, -0.2) is 9.59 Å². The van der Waals surface area contributed by atoms with E-state index in [1.807, 2.05) is 0 Å². The molecular weight excluding hydrogens is 833 g/mol. The minimum Gasteiger partial charge on any atom is -0.465 e. The van der Waals surface area contributed by atoms with Crippen LogP contribution in [0.15, 0.2) is 24.3 Å². The summed E-state index contributed by atoms with van der Waals surface area (Å²) < 4.78 is 22.4. The molecule has 7 heteroatoms. The van der Waals surface area contributed by atoms with Crippen LogP contribution in [0.2, 0.25) is 0 Å². The van der Waals surface area contributed by atoms with Crippen LogP contribution in [0, 0.1) is 53.3 Å². The molecule has 0 spiro atoms. The minimum atomic E-state index is -0.450. The second-order valence-electron chi connectivity index (χ2n) is 22.7. The van der Waals surface area contributed by atoms with Crippen LogP contribution in [0.5, 0.6) is 0 Å². The number of benzene rings is 1. The van der Waals surface area contributed by atoms with E-state index in [9.17, 15) is 14.4 Å². The molecule has 4 saturated carbocycles. The van der Waals surface area contributed by atoms with E-state index in [2.05, 4.69) is 20.8 Å². The molecule has 1 aromatic rings. The van der Waals surface area contributed by atoms with E-state index in [-0.39, 0.29) is 30.8 Å². The first-order valence-electron chi connectivity index (χ1n) is 29.1. The third kappa shape index (κ3) is 18.1. The van der Waals surface area contributed by atoms with Crippen LogP contribution in [0.3, 0.4) is 0 Å². The van der Waals surface area contributed by atoms with Gasteiger partial charge in [-0.3, -0.25) is 4.79 Å². The van der Waals surface area contributed by atoms with Gasteiger partial charge in [-0.15, -0.1) is 0 Å². The number of ether oxygens (including phenoxy) is 4. The van der Waals surface area contributed by atoms with Crippen molar-refractivity contribution in [1.82, 2.24) is 0 Å². The zero-order chi connectivity index (χ0) is 47.1. The smallest absolute Gasteiger partial charge is 0.338 e. The predicted octanol–water partition coefficient (Wildman–Crippen LogP) is 16.2. The molecule has 1 saturated heterocycles. The molecule has 0 aromatic heterocycles. The van der Waals surface area contributed by atoms with Gasteiger partial charge in [0.25, 0.3) is 0 Å². The molecule has 1 aromatic carbocycles. The summed E-state index contributed by atoms with van der Waals surface area (Å²) in [5, 5.41) is 0. The van der Waals surface area contributed by atoms with Gasteiger partial charge in [0.1, 0.15) is 18.8 Å². The van der Waals surface area contributed by atoms with Crippen LogP contribution in [0.1, 0.15) is 260 Å². The number of carbonyl (C=O) groups excluding carboxylic acids is 3. The number of hydrogen-bond acceptors (Lipinski definition) is 7. The SMILES string of the molecule is CCCCCCCCCC1CCC(CCCCCCCC)C(CCCCCC)C1CCCCCCCCC(=O)OCC1CC2CC1C1CC(OC(=O)c3cccc(C(=O)OCC4CO4)c3)CC21. The lowest BCUT2D eigenvalue weighted by molar-refractivity contribution is -0.146. The molecule has 2 bridgehead atoms. The van der Waals surface area contributed by atoms with E-state index >= 15 is 0 Å². The molecule has 7 nitrogen and oxygen atoms in total. The van der Waals surface area contributed by atoms with E-state index in [1.165, 1.54) is 180 Å². The van der Waals surface area contributed by atoms with Crippen molar-refractivity contribution in [3.05, 3.63) is 35.4 Å².